The van der Waals surface area contributed by atoms with Crippen LogP contribution in [0, 0.1) is 31.1 Å². The van der Waals surface area contributed by atoms with Gasteiger partial charge < -0.3 is 10.1 Å². The number of hydrogen-bond acceptors (Lipinski definition) is 7. The molecule has 3 aromatic rings. The quantitative estimate of drug-likeness (QED) is 0.274. The third-order valence-electron chi connectivity index (χ3n) is 6.42. The maximum absolute atomic E-state index is 12.8. The van der Waals surface area contributed by atoms with Crippen molar-refractivity contribution in [1.29, 1.82) is 5.26 Å². The van der Waals surface area contributed by atoms with Crippen molar-refractivity contribution in [1.82, 2.24) is 14.8 Å². The molecule has 36 heavy (non-hydrogen) atoms. The van der Waals surface area contributed by atoms with Crippen molar-refractivity contribution < 1.29 is 9.53 Å². The van der Waals surface area contributed by atoms with E-state index in [1.54, 1.807) is 6.08 Å². The van der Waals surface area contributed by atoms with Gasteiger partial charge in [0, 0.05) is 11.4 Å². The van der Waals surface area contributed by atoms with Gasteiger partial charge in [0.15, 0.2) is 17.1 Å². The second-order valence-corrected chi connectivity index (χ2v) is 11.3. The van der Waals surface area contributed by atoms with Gasteiger partial charge in [-0.25, -0.2) is 0 Å². The van der Waals surface area contributed by atoms with E-state index in [-0.39, 0.29) is 17.8 Å². The molecule has 0 radical (unpaired) electrons. The molecule has 2 heterocycles. The molecule has 4 rings (SSSR count). The molecule has 0 spiro atoms. The van der Waals surface area contributed by atoms with Crippen molar-refractivity contribution in [2.45, 2.75) is 64.8 Å². The molecule has 188 valence electrons. The van der Waals surface area contributed by atoms with E-state index in [2.05, 4.69) is 48.9 Å². The number of thiophene rings is 1. The highest BCUT2D eigenvalue weighted by Crippen LogP contribution is 2.39. The lowest BCUT2D eigenvalue weighted by Crippen LogP contribution is -2.15. The highest BCUT2D eigenvalue weighted by Gasteiger charge is 2.25. The van der Waals surface area contributed by atoms with Gasteiger partial charge >= 0.3 is 0 Å². The number of benzene rings is 1. The zero-order chi connectivity index (χ0) is 25.8. The fourth-order valence-electron chi connectivity index (χ4n) is 4.30. The fourth-order valence-corrected chi connectivity index (χ4v) is 6.43. The molecular weight excluding hydrogens is 490 g/mol. The number of anilines is 1. The number of aryl methyl sites for hydroxylation is 2. The molecule has 1 aliphatic rings. The Bertz CT molecular complexity index is 1320. The van der Waals surface area contributed by atoms with Crippen LogP contribution in [0.25, 0.3) is 0 Å². The van der Waals surface area contributed by atoms with E-state index in [1.165, 1.54) is 33.5 Å². The predicted molar refractivity (Wildman–Crippen MR) is 145 cm³/mol. The number of nitrogens with one attached hydrogen (secondary N) is 1. The molecule has 1 aromatic carbocycles. The molecule has 2 aromatic heterocycles. The van der Waals surface area contributed by atoms with Crippen LogP contribution in [0.4, 0.5) is 5.00 Å². The van der Waals surface area contributed by atoms with Gasteiger partial charge in [0.1, 0.15) is 16.8 Å². The molecule has 2 unspecified atom stereocenters. The van der Waals surface area contributed by atoms with E-state index in [9.17, 15) is 10.1 Å². The van der Waals surface area contributed by atoms with E-state index in [0.29, 0.717) is 34.0 Å². The minimum Gasteiger partial charge on any atom is -0.483 e. The normalized spacial score (nSPS) is 15.6. The third kappa shape index (κ3) is 5.66. The monoisotopic (exact) mass is 521 g/mol. The molecule has 0 saturated carbocycles. The summed E-state index contributed by atoms with van der Waals surface area (Å²) in [6.45, 7) is 12.6. The Morgan fingerprint density at radius 2 is 2.22 bits per heavy atom. The largest absolute Gasteiger partial charge is 0.483 e. The summed E-state index contributed by atoms with van der Waals surface area (Å²) in [6, 6.07) is 8.30. The fraction of sp³-hybridized carbons (Fsp3) is 0.407. The second kappa shape index (κ2) is 11.3. The maximum Gasteiger partial charge on any atom is 0.235 e. The van der Waals surface area contributed by atoms with Crippen LogP contribution in [0.15, 0.2) is 36.0 Å². The van der Waals surface area contributed by atoms with E-state index < -0.39 is 0 Å². The van der Waals surface area contributed by atoms with Crippen molar-refractivity contribution in [3.05, 3.63) is 63.8 Å². The van der Waals surface area contributed by atoms with Gasteiger partial charge in [0.05, 0.1) is 11.3 Å². The van der Waals surface area contributed by atoms with Crippen LogP contribution in [-0.2, 0) is 24.2 Å². The van der Waals surface area contributed by atoms with Gasteiger partial charge in [-0.05, 0) is 74.8 Å². The number of aromatic nitrogens is 3. The smallest absolute Gasteiger partial charge is 0.235 e. The molecule has 1 amide bonds. The molecule has 1 aliphatic carbocycles. The van der Waals surface area contributed by atoms with E-state index >= 15 is 0 Å². The number of fused-ring (bicyclic) bond motifs is 1. The van der Waals surface area contributed by atoms with Gasteiger partial charge in [0.2, 0.25) is 5.91 Å². The van der Waals surface area contributed by atoms with Crippen LogP contribution in [0.2, 0.25) is 0 Å². The first kappa shape index (κ1) is 26.0. The standard InChI is InChI=1S/C27H31N5O2S2/c1-6-11-32-25(19(5)34-20-9-8-17(3)18(4)13-20)30-31-27(32)35-15-24(33)29-26-22(14-28)21-10-7-16(2)12-23(21)36-26/h6,8-9,13,16,19H,1,7,10-12,15H2,2-5H3,(H,29,33). The van der Waals surface area contributed by atoms with E-state index in [1.807, 2.05) is 29.7 Å². The second-order valence-electron chi connectivity index (χ2n) is 9.25. The Labute approximate surface area is 220 Å². The number of hydrogen-bond donors (Lipinski definition) is 1. The van der Waals surface area contributed by atoms with Crippen molar-refractivity contribution in [2.75, 3.05) is 11.1 Å². The summed E-state index contributed by atoms with van der Waals surface area (Å²) in [5.74, 6) is 2.04. The molecular formula is C27H31N5O2S2. The summed E-state index contributed by atoms with van der Waals surface area (Å²) in [7, 11) is 0. The summed E-state index contributed by atoms with van der Waals surface area (Å²) in [5.41, 5.74) is 4.10. The molecule has 0 fully saturated rings. The molecule has 1 N–H and O–H groups in total. The highest BCUT2D eigenvalue weighted by atomic mass is 32.2. The minimum atomic E-state index is -0.333. The number of nitrogens with zero attached hydrogens (tertiary/aromatic N) is 4. The van der Waals surface area contributed by atoms with Crippen LogP contribution < -0.4 is 10.1 Å². The number of rotatable bonds is 9. The van der Waals surface area contributed by atoms with Gasteiger partial charge in [0.25, 0.3) is 0 Å². The van der Waals surface area contributed by atoms with Gasteiger partial charge in [-0.1, -0.05) is 30.8 Å². The van der Waals surface area contributed by atoms with Crippen LogP contribution in [0.5, 0.6) is 5.75 Å². The number of nitriles is 1. The van der Waals surface area contributed by atoms with Crippen molar-refractivity contribution in [3.63, 3.8) is 0 Å². The first-order valence-corrected chi connectivity index (χ1v) is 13.9. The highest BCUT2D eigenvalue weighted by molar-refractivity contribution is 7.99. The van der Waals surface area contributed by atoms with E-state index in [0.717, 1.165) is 36.1 Å². The Kier molecular flexibility index (Phi) is 8.17. The van der Waals surface area contributed by atoms with Gasteiger partial charge in [-0.15, -0.1) is 28.1 Å². The Morgan fingerprint density at radius 1 is 1.42 bits per heavy atom. The number of carbonyl (C=O) groups excluding carboxylic acids is 1. The molecule has 0 aliphatic heterocycles. The number of carbonyl (C=O) groups is 1. The average Bonchev–Trinajstić information content (AvgIpc) is 3.40. The minimum absolute atomic E-state index is 0.158. The van der Waals surface area contributed by atoms with Crippen LogP contribution >= 0.6 is 23.1 Å². The van der Waals surface area contributed by atoms with Crippen molar-refractivity contribution in [2.24, 2.45) is 5.92 Å². The number of amides is 1. The van der Waals surface area contributed by atoms with Gasteiger partial charge in [-0.3, -0.25) is 9.36 Å². The summed E-state index contributed by atoms with van der Waals surface area (Å²) >= 11 is 2.84. The summed E-state index contributed by atoms with van der Waals surface area (Å²) in [6.07, 6.45) is 4.39. The molecule has 9 heteroatoms. The number of thioether (sulfide) groups is 1. The topological polar surface area (TPSA) is 92.8 Å². The van der Waals surface area contributed by atoms with Crippen molar-refractivity contribution >= 4 is 34.0 Å². The van der Waals surface area contributed by atoms with E-state index in [4.69, 9.17) is 4.74 Å². The van der Waals surface area contributed by atoms with Crippen LogP contribution in [0.3, 0.4) is 0 Å². The summed E-state index contributed by atoms with van der Waals surface area (Å²) in [5, 5.41) is 22.6. The Hall–Kier alpha value is -3.09. The zero-order valence-corrected chi connectivity index (χ0v) is 22.8. The molecule has 7 nitrogen and oxygen atoms in total. The Morgan fingerprint density at radius 3 is 2.94 bits per heavy atom. The zero-order valence-electron chi connectivity index (χ0n) is 21.1. The van der Waals surface area contributed by atoms with Gasteiger partial charge in [-0.2, -0.15) is 5.26 Å². The molecule has 0 saturated heterocycles. The molecule has 2 atom stereocenters. The average molecular weight is 522 g/mol. The van der Waals surface area contributed by atoms with Crippen LogP contribution in [-0.4, -0.2) is 26.4 Å². The summed E-state index contributed by atoms with van der Waals surface area (Å²) < 4.78 is 8.06. The number of ether oxygens (including phenoxy) is 1. The SMILES string of the molecule is C=CCn1c(SCC(=O)Nc2sc3c(c2C#N)CCC(C)C3)nnc1C(C)Oc1ccc(C)c(C)c1. The van der Waals surface area contributed by atoms with Crippen LogP contribution in [0.1, 0.15) is 59.3 Å². The first-order chi connectivity index (χ1) is 17.3. The summed E-state index contributed by atoms with van der Waals surface area (Å²) in [4.78, 5) is 14.0. The first-order valence-electron chi connectivity index (χ1n) is 12.1. The molecule has 0 bridgehead atoms. The number of allylic oxidation sites excluding steroid dienone is 1. The Balaban J connectivity index is 1.44. The lowest BCUT2D eigenvalue weighted by molar-refractivity contribution is -0.113. The maximum atomic E-state index is 12.8. The lowest BCUT2D eigenvalue weighted by Gasteiger charge is -2.17. The van der Waals surface area contributed by atoms with Crippen molar-refractivity contribution in [3.8, 4) is 11.8 Å². The predicted octanol–water partition coefficient (Wildman–Crippen LogP) is 6.01. The third-order valence-corrected chi connectivity index (χ3v) is 8.56. The lowest BCUT2D eigenvalue weighted by atomic mass is 9.89.